The first-order valence-corrected chi connectivity index (χ1v) is 6.85. The Hall–Kier alpha value is -1.18. The molecule has 1 aromatic carbocycles. The van der Waals surface area contributed by atoms with Gasteiger partial charge in [-0.1, -0.05) is 30.7 Å². The second-order valence-electron chi connectivity index (χ2n) is 5.96. The minimum Gasteiger partial charge on any atom is -0.0620 e. The lowest BCUT2D eigenvalue weighted by atomic mass is 9.61. The first-order chi connectivity index (χ1) is 8.32. The first kappa shape index (κ1) is 9.81. The molecular weight excluding hydrogens is 210 g/mol. The summed E-state index contributed by atoms with van der Waals surface area (Å²) in [6.45, 7) is 0.763. The van der Waals surface area contributed by atoms with Crippen molar-refractivity contribution in [2.24, 2.45) is 11.8 Å². The summed E-state index contributed by atoms with van der Waals surface area (Å²) in [4.78, 5) is 12.5. The van der Waals surface area contributed by atoms with Crippen LogP contribution >= 0.6 is 0 Å². The van der Waals surface area contributed by atoms with Gasteiger partial charge in [-0.2, -0.15) is 0 Å². The molecule has 0 aromatic heterocycles. The fraction of sp³-hybridized carbons (Fsp3) is 0.600. The number of hydrogen-bond acceptors (Lipinski definition) is 1. The summed E-state index contributed by atoms with van der Waals surface area (Å²) in [5.41, 5.74) is 2.65. The molecular formula is C15H18NO+. The summed E-state index contributed by atoms with van der Waals surface area (Å²) < 4.78 is 1.44. The van der Waals surface area contributed by atoms with E-state index in [9.17, 15) is 4.91 Å². The average Bonchev–Trinajstić information content (AvgIpc) is 2.59. The van der Waals surface area contributed by atoms with Gasteiger partial charge < -0.3 is 0 Å². The molecule has 1 saturated carbocycles. The molecule has 3 aliphatic rings. The Morgan fingerprint density at radius 1 is 1.24 bits per heavy atom. The zero-order valence-corrected chi connectivity index (χ0v) is 10.1. The van der Waals surface area contributed by atoms with Gasteiger partial charge in [-0.25, -0.2) is 0 Å². The van der Waals surface area contributed by atoms with Gasteiger partial charge in [-0.05, 0) is 24.8 Å². The molecule has 0 amide bonds. The highest BCUT2D eigenvalue weighted by Gasteiger charge is 2.66. The van der Waals surface area contributed by atoms with Gasteiger partial charge in [0.25, 0.3) is 0 Å². The van der Waals surface area contributed by atoms with E-state index in [0.29, 0.717) is 11.8 Å². The standard InChI is InChI=1S/C15H18NO/c17-16-10-12-9-11-5-1-2-6-13(11)15(16)8-4-3-7-14(12)15/h1-2,5-6,12,14H,3-4,7-10H2/q+1/t12-,14-,15+/m0/s1. The van der Waals surface area contributed by atoms with Crippen molar-refractivity contribution in [2.45, 2.75) is 37.6 Å². The average molecular weight is 228 g/mol. The maximum absolute atomic E-state index is 12.5. The number of rotatable bonds is 0. The second-order valence-corrected chi connectivity index (χ2v) is 5.96. The molecule has 0 spiro atoms. The molecule has 2 bridgehead atoms. The van der Waals surface area contributed by atoms with Crippen molar-refractivity contribution in [3.05, 3.63) is 40.3 Å². The van der Waals surface area contributed by atoms with Crippen LogP contribution in [0.2, 0.25) is 0 Å². The lowest BCUT2D eigenvalue weighted by molar-refractivity contribution is -0.623. The Kier molecular flexibility index (Phi) is 1.84. The fourth-order valence-corrected chi connectivity index (χ4v) is 4.70. The van der Waals surface area contributed by atoms with E-state index >= 15 is 0 Å². The van der Waals surface area contributed by atoms with Crippen molar-refractivity contribution in [1.82, 2.24) is 0 Å². The maximum atomic E-state index is 12.5. The SMILES string of the molecule is O=[N+]1C[C@@H]2Cc3ccccc3[C@@]13CCCC[C@@H]23. The minimum atomic E-state index is -0.141. The monoisotopic (exact) mass is 228 g/mol. The van der Waals surface area contributed by atoms with Crippen molar-refractivity contribution in [3.63, 3.8) is 0 Å². The van der Waals surface area contributed by atoms with Crippen molar-refractivity contribution in [2.75, 3.05) is 6.54 Å². The lowest BCUT2D eigenvalue weighted by Gasteiger charge is -2.38. The van der Waals surface area contributed by atoms with Gasteiger partial charge in [-0.15, -0.1) is 0 Å². The van der Waals surface area contributed by atoms with Crippen LogP contribution in [0, 0.1) is 16.7 Å². The smallest absolute Gasteiger partial charge is 0.0620 e. The van der Waals surface area contributed by atoms with Crippen LogP contribution in [0.1, 0.15) is 36.8 Å². The van der Waals surface area contributed by atoms with E-state index in [-0.39, 0.29) is 5.54 Å². The number of benzene rings is 1. The third-order valence-electron chi connectivity index (χ3n) is 5.32. The molecule has 3 atom stereocenters. The summed E-state index contributed by atoms with van der Waals surface area (Å²) in [6, 6.07) is 8.66. The molecule has 1 heterocycles. The largest absolute Gasteiger partial charge is 0.238 e. The van der Waals surface area contributed by atoms with Gasteiger partial charge in [0.15, 0.2) is 6.54 Å². The quantitative estimate of drug-likeness (QED) is 0.625. The third-order valence-corrected chi connectivity index (χ3v) is 5.32. The molecule has 0 N–H and O–H groups in total. The Balaban J connectivity index is 1.98. The van der Waals surface area contributed by atoms with Crippen LogP contribution in [0.4, 0.5) is 0 Å². The van der Waals surface area contributed by atoms with Gasteiger partial charge >= 0.3 is 0 Å². The number of nitrogens with zero attached hydrogens (tertiary/aromatic N) is 1. The molecule has 1 saturated heterocycles. The molecule has 2 nitrogen and oxygen atoms in total. The van der Waals surface area contributed by atoms with E-state index in [1.165, 1.54) is 35.1 Å². The molecule has 0 radical (unpaired) electrons. The minimum absolute atomic E-state index is 0.141. The van der Waals surface area contributed by atoms with E-state index in [0.717, 1.165) is 19.4 Å². The highest BCUT2D eigenvalue weighted by atomic mass is 16.3. The van der Waals surface area contributed by atoms with Crippen molar-refractivity contribution in [1.29, 1.82) is 0 Å². The highest BCUT2D eigenvalue weighted by molar-refractivity contribution is 5.38. The lowest BCUT2D eigenvalue weighted by Crippen LogP contribution is -2.44. The molecule has 88 valence electrons. The Labute approximate surface area is 102 Å². The van der Waals surface area contributed by atoms with Crippen LogP contribution in [0.3, 0.4) is 0 Å². The number of fused-ring (bicyclic) bond motifs is 1. The topological polar surface area (TPSA) is 20.1 Å². The molecule has 2 fully saturated rings. The summed E-state index contributed by atoms with van der Waals surface area (Å²) in [5.74, 6) is 1.24. The summed E-state index contributed by atoms with van der Waals surface area (Å²) in [6.07, 6.45) is 6.00. The van der Waals surface area contributed by atoms with E-state index in [2.05, 4.69) is 24.3 Å². The van der Waals surface area contributed by atoms with E-state index in [1.54, 1.807) is 0 Å². The van der Waals surface area contributed by atoms with Crippen LogP contribution in [-0.4, -0.2) is 11.3 Å². The van der Waals surface area contributed by atoms with Gasteiger partial charge in [-0.3, -0.25) is 0 Å². The normalized spacial score (nSPS) is 38.7. The van der Waals surface area contributed by atoms with Crippen LogP contribution < -0.4 is 0 Å². The van der Waals surface area contributed by atoms with Gasteiger partial charge in [0, 0.05) is 33.5 Å². The van der Waals surface area contributed by atoms with E-state index in [1.807, 2.05) is 0 Å². The zero-order valence-electron chi connectivity index (χ0n) is 10.1. The number of hydrogen-bond donors (Lipinski definition) is 0. The van der Waals surface area contributed by atoms with Gasteiger partial charge in [0.05, 0.1) is 0 Å². The van der Waals surface area contributed by atoms with Crippen LogP contribution in [0.15, 0.2) is 24.3 Å². The predicted octanol–water partition coefficient (Wildman–Crippen LogP) is 3.04. The van der Waals surface area contributed by atoms with Crippen molar-refractivity contribution < 1.29 is 4.76 Å². The molecule has 2 aliphatic carbocycles. The van der Waals surface area contributed by atoms with Crippen molar-refractivity contribution >= 4 is 0 Å². The van der Waals surface area contributed by atoms with Gasteiger partial charge in [0.2, 0.25) is 5.54 Å². The summed E-state index contributed by atoms with van der Waals surface area (Å²) in [7, 11) is 0. The molecule has 1 aromatic rings. The van der Waals surface area contributed by atoms with Crippen LogP contribution in [0.25, 0.3) is 0 Å². The Morgan fingerprint density at radius 2 is 2.12 bits per heavy atom. The Morgan fingerprint density at radius 3 is 3.06 bits per heavy atom. The third kappa shape index (κ3) is 1.07. The van der Waals surface area contributed by atoms with Crippen molar-refractivity contribution in [3.8, 4) is 0 Å². The summed E-state index contributed by atoms with van der Waals surface area (Å²) in [5, 5.41) is 0. The summed E-state index contributed by atoms with van der Waals surface area (Å²) >= 11 is 0. The molecule has 17 heavy (non-hydrogen) atoms. The van der Waals surface area contributed by atoms with Gasteiger partial charge in [0.1, 0.15) is 0 Å². The molecule has 4 rings (SSSR count). The Bertz CT molecular complexity index is 495. The molecule has 0 unspecified atom stereocenters. The maximum Gasteiger partial charge on any atom is 0.238 e. The van der Waals surface area contributed by atoms with Crippen LogP contribution in [-0.2, 0) is 12.0 Å². The molecule has 2 heteroatoms. The zero-order chi connectivity index (χ0) is 11.5. The number of nitroso groups, excluding NO2 is 1. The second kappa shape index (κ2) is 3.18. The van der Waals surface area contributed by atoms with E-state index < -0.39 is 0 Å². The first-order valence-electron chi connectivity index (χ1n) is 6.85. The van der Waals surface area contributed by atoms with Crippen LogP contribution in [0.5, 0.6) is 0 Å². The predicted molar refractivity (Wildman–Crippen MR) is 65.8 cm³/mol. The fourth-order valence-electron chi connectivity index (χ4n) is 4.70. The highest BCUT2D eigenvalue weighted by Crippen LogP contribution is 2.56. The van der Waals surface area contributed by atoms with E-state index in [4.69, 9.17) is 0 Å². The molecule has 1 aliphatic heterocycles.